The molecule has 6 heteroatoms. The van der Waals surface area contributed by atoms with Crippen LogP contribution in [0.3, 0.4) is 0 Å². The van der Waals surface area contributed by atoms with Crippen molar-refractivity contribution in [1.82, 2.24) is 0 Å². The molecule has 0 radical (unpaired) electrons. The lowest BCUT2D eigenvalue weighted by molar-refractivity contribution is -0.108. The Labute approximate surface area is 57.4 Å². The molecule has 0 aromatic carbocycles. The lowest BCUT2D eigenvalue weighted by atomic mass is 10.9. The topological polar surface area (TPSA) is 74.3 Å². The van der Waals surface area contributed by atoms with E-state index in [1.165, 1.54) is 6.26 Å². The minimum Gasteiger partial charge on any atom is -0.748 e. The van der Waals surface area contributed by atoms with E-state index in [1.54, 1.807) is 0 Å². The zero-order valence-electron chi connectivity index (χ0n) is 4.66. The number of thioether (sulfide) groups is 1. The van der Waals surface area contributed by atoms with Crippen LogP contribution in [0.25, 0.3) is 0 Å². The number of carbonyl (C=O) groups is 1. The van der Waals surface area contributed by atoms with Crippen LogP contribution in [0, 0.1) is 0 Å². The van der Waals surface area contributed by atoms with Gasteiger partial charge in [0.05, 0.1) is 0 Å². The summed E-state index contributed by atoms with van der Waals surface area (Å²) in [7, 11) is -4.36. The van der Waals surface area contributed by atoms with Crippen LogP contribution in [-0.2, 0) is 14.9 Å². The second kappa shape index (κ2) is 3.19. The second-order valence-corrected chi connectivity index (χ2v) is 3.55. The third kappa shape index (κ3) is 5.81. The van der Waals surface area contributed by atoms with Crippen LogP contribution in [0.1, 0.15) is 0 Å². The fraction of sp³-hybridized carbons (Fsp3) is 0.667. The number of rotatable bonds is 2. The van der Waals surface area contributed by atoms with E-state index in [-0.39, 0.29) is 0 Å². The Bertz CT molecular complexity index is 192. The Hall–Kier alpha value is -0.0700. The SMILES string of the molecule is CSC(=O)CS(=O)(=O)[O-]. The van der Waals surface area contributed by atoms with Gasteiger partial charge in [-0.3, -0.25) is 4.79 Å². The van der Waals surface area contributed by atoms with Crippen LogP contribution in [-0.4, -0.2) is 30.1 Å². The zero-order chi connectivity index (χ0) is 7.49. The number of hydrogen-bond acceptors (Lipinski definition) is 5. The van der Waals surface area contributed by atoms with E-state index >= 15 is 0 Å². The molecule has 0 fully saturated rings. The summed E-state index contributed by atoms with van der Waals surface area (Å²) < 4.78 is 29.4. The highest BCUT2D eigenvalue weighted by Crippen LogP contribution is 1.96. The maximum atomic E-state index is 10.2. The number of hydrogen-bond donors (Lipinski definition) is 0. The number of carbonyl (C=O) groups excluding carboxylic acids is 1. The molecule has 0 aliphatic rings. The van der Waals surface area contributed by atoms with E-state index in [9.17, 15) is 17.8 Å². The molecule has 0 N–H and O–H groups in total. The van der Waals surface area contributed by atoms with Gasteiger partial charge in [0.1, 0.15) is 15.9 Å². The Morgan fingerprint density at radius 2 is 2.11 bits per heavy atom. The first-order chi connectivity index (χ1) is 3.95. The predicted octanol–water partition coefficient (Wildman–Crippen LogP) is -0.579. The fourth-order valence-electron chi connectivity index (χ4n) is 0.203. The molecular weight excluding hydrogens is 164 g/mol. The first kappa shape index (κ1) is 8.93. The molecule has 0 atom stereocenters. The van der Waals surface area contributed by atoms with E-state index in [4.69, 9.17) is 0 Å². The molecule has 0 saturated heterocycles. The molecule has 0 saturated carbocycles. The highest BCUT2D eigenvalue weighted by molar-refractivity contribution is 8.14. The first-order valence-corrected chi connectivity index (χ1v) is 4.76. The summed E-state index contributed by atoms with van der Waals surface area (Å²) in [5, 5.41) is -0.620. The third-order valence-electron chi connectivity index (χ3n) is 0.522. The summed E-state index contributed by atoms with van der Waals surface area (Å²) in [5.41, 5.74) is 0. The maximum absolute atomic E-state index is 10.2. The van der Waals surface area contributed by atoms with Crippen molar-refractivity contribution in [3.05, 3.63) is 0 Å². The Morgan fingerprint density at radius 3 is 2.22 bits per heavy atom. The summed E-state index contributed by atoms with van der Waals surface area (Å²) >= 11 is 0.734. The van der Waals surface area contributed by atoms with Crippen LogP contribution in [0.15, 0.2) is 0 Å². The van der Waals surface area contributed by atoms with Gasteiger partial charge in [0, 0.05) is 0 Å². The quantitative estimate of drug-likeness (QED) is 0.517. The molecule has 9 heavy (non-hydrogen) atoms. The maximum Gasteiger partial charge on any atom is 0.202 e. The van der Waals surface area contributed by atoms with Crippen LogP contribution < -0.4 is 0 Å². The lowest BCUT2D eigenvalue weighted by Gasteiger charge is -2.01. The molecule has 0 unspecified atom stereocenters. The molecular formula is C3H5O4S2-. The molecule has 4 nitrogen and oxygen atoms in total. The monoisotopic (exact) mass is 169 g/mol. The Balaban J connectivity index is 3.91. The van der Waals surface area contributed by atoms with Gasteiger partial charge in [-0.05, 0) is 6.26 Å². The minimum atomic E-state index is -4.36. The molecule has 0 aromatic heterocycles. The van der Waals surface area contributed by atoms with Gasteiger partial charge in [-0.2, -0.15) is 0 Å². The van der Waals surface area contributed by atoms with Gasteiger partial charge >= 0.3 is 0 Å². The zero-order valence-corrected chi connectivity index (χ0v) is 6.29. The van der Waals surface area contributed by atoms with Crippen molar-refractivity contribution >= 4 is 27.0 Å². The summed E-state index contributed by atoms with van der Waals surface area (Å²) in [4.78, 5) is 10.2. The molecule has 0 amide bonds. The van der Waals surface area contributed by atoms with Gasteiger partial charge in [0.15, 0.2) is 0 Å². The molecule has 54 valence electrons. The van der Waals surface area contributed by atoms with Gasteiger partial charge in [0.25, 0.3) is 0 Å². The summed E-state index contributed by atoms with van der Waals surface area (Å²) in [6.07, 6.45) is 1.42. The van der Waals surface area contributed by atoms with E-state index in [0.29, 0.717) is 0 Å². The second-order valence-electron chi connectivity index (χ2n) is 1.28. The summed E-state index contributed by atoms with van der Waals surface area (Å²) in [5.74, 6) is -0.909. The average molecular weight is 169 g/mol. The van der Waals surface area contributed by atoms with Crippen LogP contribution in [0.4, 0.5) is 0 Å². The van der Waals surface area contributed by atoms with Crippen molar-refractivity contribution in [3.63, 3.8) is 0 Å². The standard InChI is InChI=1S/C3H6O4S2/c1-8-3(4)2-9(5,6)7/h2H2,1H3,(H,5,6,7)/p-1. The molecule has 0 rings (SSSR count). The Morgan fingerprint density at radius 1 is 1.67 bits per heavy atom. The first-order valence-electron chi connectivity index (χ1n) is 1.96. The average Bonchev–Trinajstić information content (AvgIpc) is 1.62. The van der Waals surface area contributed by atoms with Gasteiger partial charge < -0.3 is 4.55 Å². The molecule has 0 heterocycles. The minimum absolute atomic E-state index is 0.620. The van der Waals surface area contributed by atoms with Crippen molar-refractivity contribution in [2.24, 2.45) is 0 Å². The van der Waals surface area contributed by atoms with Gasteiger partial charge in [-0.15, -0.1) is 0 Å². The summed E-state index contributed by atoms with van der Waals surface area (Å²) in [6.45, 7) is 0. The highest BCUT2D eigenvalue weighted by Gasteiger charge is 2.02. The van der Waals surface area contributed by atoms with E-state index < -0.39 is 21.0 Å². The third-order valence-corrected chi connectivity index (χ3v) is 1.92. The van der Waals surface area contributed by atoms with Gasteiger partial charge in [-0.1, -0.05) is 11.8 Å². The van der Waals surface area contributed by atoms with Crippen molar-refractivity contribution in [2.45, 2.75) is 0 Å². The van der Waals surface area contributed by atoms with E-state index in [0.717, 1.165) is 11.8 Å². The highest BCUT2D eigenvalue weighted by atomic mass is 32.2. The largest absolute Gasteiger partial charge is 0.748 e. The smallest absolute Gasteiger partial charge is 0.202 e. The Kier molecular flexibility index (Phi) is 3.16. The fourth-order valence-corrected chi connectivity index (χ4v) is 1.40. The van der Waals surface area contributed by atoms with Gasteiger partial charge in [0.2, 0.25) is 5.12 Å². The van der Waals surface area contributed by atoms with Crippen LogP contribution >= 0.6 is 11.8 Å². The van der Waals surface area contributed by atoms with Crippen LogP contribution in [0.5, 0.6) is 0 Å². The van der Waals surface area contributed by atoms with Crippen molar-refractivity contribution in [1.29, 1.82) is 0 Å². The summed E-state index contributed by atoms with van der Waals surface area (Å²) in [6, 6.07) is 0. The van der Waals surface area contributed by atoms with Crippen molar-refractivity contribution in [3.8, 4) is 0 Å². The van der Waals surface area contributed by atoms with Crippen molar-refractivity contribution in [2.75, 3.05) is 12.0 Å². The molecule has 0 bridgehead atoms. The molecule has 0 aliphatic carbocycles. The molecule has 0 aromatic rings. The predicted molar refractivity (Wildman–Crippen MR) is 33.1 cm³/mol. The van der Waals surface area contributed by atoms with E-state index in [2.05, 4.69) is 0 Å². The van der Waals surface area contributed by atoms with Gasteiger partial charge in [-0.25, -0.2) is 8.42 Å². The molecule has 0 aliphatic heterocycles. The van der Waals surface area contributed by atoms with Crippen molar-refractivity contribution < 1.29 is 17.8 Å². The normalized spacial score (nSPS) is 11.3. The lowest BCUT2D eigenvalue weighted by Crippen LogP contribution is -2.11. The molecule has 0 spiro atoms. The van der Waals surface area contributed by atoms with E-state index in [1.807, 2.05) is 0 Å². The van der Waals surface area contributed by atoms with Crippen LogP contribution in [0.2, 0.25) is 0 Å².